The number of amides is 2. The first kappa shape index (κ1) is 17.4. The summed E-state index contributed by atoms with van der Waals surface area (Å²) in [6, 6.07) is 16.5. The van der Waals surface area contributed by atoms with E-state index >= 15 is 0 Å². The van der Waals surface area contributed by atoms with Crippen LogP contribution in [0, 0.1) is 0 Å². The Balaban J connectivity index is 1.30. The lowest BCUT2D eigenvalue weighted by Gasteiger charge is -2.13. The number of ether oxygens (including phenoxy) is 2. The van der Waals surface area contributed by atoms with Crippen molar-refractivity contribution < 1.29 is 19.4 Å². The van der Waals surface area contributed by atoms with E-state index in [4.69, 9.17) is 9.47 Å². The number of hydrogen-bond acceptors (Lipinski definition) is 5. The van der Waals surface area contributed by atoms with Gasteiger partial charge >= 0.3 is 6.03 Å². The molecule has 2 amide bonds. The molecule has 0 aliphatic carbocycles. The van der Waals surface area contributed by atoms with Crippen LogP contribution in [-0.2, 0) is 0 Å². The average Bonchev–Trinajstić information content (AvgIpc) is 3.37. The molecule has 1 aliphatic rings. The summed E-state index contributed by atoms with van der Waals surface area (Å²) < 4.78 is 10.5. The van der Waals surface area contributed by atoms with E-state index in [9.17, 15) is 9.90 Å². The summed E-state index contributed by atoms with van der Waals surface area (Å²) in [4.78, 5) is 13.2. The SMILES string of the molecule is O=C(NCC(O)c1ccc(-c2cccs2)cc1)Nc1ccc2c(c1)OCO2. The number of rotatable bonds is 5. The Morgan fingerprint density at radius 2 is 1.93 bits per heavy atom. The summed E-state index contributed by atoms with van der Waals surface area (Å²) in [6.45, 7) is 0.289. The Kier molecular flexibility index (Phi) is 4.95. The van der Waals surface area contributed by atoms with E-state index < -0.39 is 12.1 Å². The average molecular weight is 382 g/mol. The van der Waals surface area contributed by atoms with Gasteiger partial charge < -0.3 is 25.2 Å². The predicted octanol–water partition coefficient (Wildman–Crippen LogP) is 4.00. The van der Waals surface area contributed by atoms with Gasteiger partial charge in [-0.1, -0.05) is 30.3 Å². The molecule has 0 saturated heterocycles. The third-order valence-corrected chi connectivity index (χ3v) is 5.11. The summed E-state index contributed by atoms with van der Waals surface area (Å²) >= 11 is 1.67. The zero-order valence-corrected chi connectivity index (χ0v) is 15.2. The van der Waals surface area contributed by atoms with Crippen molar-refractivity contribution in [3.8, 4) is 21.9 Å². The van der Waals surface area contributed by atoms with Gasteiger partial charge in [-0.15, -0.1) is 11.3 Å². The van der Waals surface area contributed by atoms with Crippen molar-refractivity contribution in [1.29, 1.82) is 0 Å². The van der Waals surface area contributed by atoms with E-state index in [1.807, 2.05) is 35.7 Å². The second kappa shape index (κ2) is 7.69. The lowest BCUT2D eigenvalue weighted by atomic mass is 10.1. The minimum Gasteiger partial charge on any atom is -0.454 e. The molecule has 0 radical (unpaired) electrons. The van der Waals surface area contributed by atoms with Crippen molar-refractivity contribution in [1.82, 2.24) is 5.32 Å². The van der Waals surface area contributed by atoms with Crippen LogP contribution in [0.2, 0.25) is 0 Å². The summed E-state index contributed by atoms with van der Waals surface area (Å²) in [5, 5.41) is 17.7. The summed E-state index contributed by atoms with van der Waals surface area (Å²) in [5.41, 5.74) is 2.44. The van der Waals surface area contributed by atoms with Crippen molar-refractivity contribution in [2.75, 3.05) is 18.7 Å². The molecule has 27 heavy (non-hydrogen) atoms. The fraction of sp³-hybridized carbons (Fsp3) is 0.150. The largest absolute Gasteiger partial charge is 0.454 e. The third-order valence-electron chi connectivity index (χ3n) is 4.19. The van der Waals surface area contributed by atoms with Gasteiger partial charge in [0, 0.05) is 23.2 Å². The number of thiophene rings is 1. The number of aliphatic hydroxyl groups excluding tert-OH is 1. The number of anilines is 1. The van der Waals surface area contributed by atoms with Crippen LogP contribution in [0.3, 0.4) is 0 Å². The number of benzene rings is 2. The van der Waals surface area contributed by atoms with Gasteiger partial charge in [-0.05, 0) is 34.7 Å². The van der Waals surface area contributed by atoms with Gasteiger partial charge in [0.05, 0.1) is 6.10 Å². The maximum Gasteiger partial charge on any atom is 0.319 e. The molecule has 0 fully saturated rings. The molecule has 0 spiro atoms. The number of urea groups is 1. The number of hydrogen-bond donors (Lipinski definition) is 3. The molecule has 138 valence electrons. The third kappa shape index (κ3) is 4.05. The maximum atomic E-state index is 12.1. The number of carbonyl (C=O) groups is 1. The molecule has 7 heteroatoms. The molecule has 1 aliphatic heterocycles. The van der Waals surface area contributed by atoms with Crippen molar-refractivity contribution in [2.24, 2.45) is 0 Å². The van der Waals surface area contributed by atoms with E-state index in [0.717, 1.165) is 11.1 Å². The molecule has 1 aromatic heterocycles. The maximum absolute atomic E-state index is 12.1. The molecule has 2 heterocycles. The lowest BCUT2D eigenvalue weighted by molar-refractivity contribution is 0.174. The first-order chi connectivity index (χ1) is 13.2. The van der Waals surface area contributed by atoms with E-state index in [-0.39, 0.29) is 13.3 Å². The standard InChI is InChI=1S/C20H18N2O4S/c23-16(13-3-5-14(6-4-13)19-2-1-9-27-19)11-21-20(24)22-15-7-8-17-18(10-15)26-12-25-17/h1-10,16,23H,11-12H2,(H2,21,22,24). The van der Waals surface area contributed by atoms with Gasteiger partial charge in [-0.2, -0.15) is 0 Å². The topological polar surface area (TPSA) is 79.8 Å². The van der Waals surface area contributed by atoms with Crippen LogP contribution in [0.4, 0.5) is 10.5 Å². The first-order valence-electron chi connectivity index (χ1n) is 8.45. The van der Waals surface area contributed by atoms with Crippen LogP contribution in [0.25, 0.3) is 10.4 Å². The molecule has 1 unspecified atom stereocenters. The Labute approximate surface area is 160 Å². The highest BCUT2D eigenvalue weighted by atomic mass is 32.1. The van der Waals surface area contributed by atoms with Crippen LogP contribution < -0.4 is 20.1 Å². The van der Waals surface area contributed by atoms with Crippen molar-refractivity contribution in [3.05, 3.63) is 65.5 Å². The smallest absolute Gasteiger partial charge is 0.319 e. The summed E-state index contributed by atoms with van der Waals surface area (Å²) in [6.07, 6.45) is -0.787. The van der Waals surface area contributed by atoms with Crippen molar-refractivity contribution in [2.45, 2.75) is 6.10 Å². The highest BCUT2D eigenvalue weighted by molar-refractivity contribution is 7.13. The lowest BCUT2D eigenvalue weighted by Crippen LogP contribution is -2.32. The summed E-state index contributed by atoms with van der Waals surface area (Å²) in [5.74, 6) is 1.25. The minimum absolute atomic E-state index is 0.106. The van der Waals surface area contributed by atoms with Gasteiger partial charge in [0.1, 0.15) is 0 Å². The second-order valence-electron chi connectivity index (χ2n) is 6.02. The first-order valence-corrected chi connectivity index (χ1v) is 9.33. The Morgan fingerprint density at radius 3 is 2.70 bits per heavy atom. The van der Waals surface area contributed by atoms with Gasteiger partial charge in [0.25, 0.3) is 0 Å². The molecule has 0 saturated carbocycles. The van der Waals surface area contributed by atoms with Crippen LogP contribution >= 0.6 is 11.3 Å². The Bertz CT molecular complexity index is 926. The molecule has 3 N–H and O–H groups in total. The quantitative estimate of drug-likeness (QED) is 0.623. The molecular weight excluding hydrogens is 364 g/mol. The van der Waals surface area contributed by atoms with Crippen LogP contribution in [0.1, 0.15) is 11.7 Å². The molecule has 3 aromatic rings. The fourth-order valence-corrected chi connectivity index (χ4v) is 3.50. The minimum atomic E-state index is -0.787. The van der Waals surface area contributed by atoms with Gasteiger partial charge in [-0.3, -0.25) is 0 Å². The Hall–Kier alpha value is -3.03. The van der Waals surface area contributed by atoms with E-state index in [1.54, 1.807) is 29.5 Å². The van der Waals surface area contributed by atoms with Crippen LogP contribution in [0.5, 0.6) is 11.5 Å². The number of nitrogens with one attached hydrogen (secondary N) is 2. The normalized spacial score (nSPS) is 13.2. The van der Waals surface area contributed by atoms with E-state index in [0.29, 0.717) is 17.2 Å². The highest BCUT2D eigenvalue weighted by Crippen LogP contribution is 2.34. The molecule has 4 rings (SSSR count). The molecule has 2 aromatic carbocycles. The predicted molar refractivity (Wildman–Crippen MR) is 104 cm³/mol. The van der Waals surface area contributed by atoms with Crippen LogP contribution in [-0.4, -0.2) is 24.5 Å². The molecule has 0 bridgehead atoms. The fourth-order valence-electron chi connectivity index (χ4n) is 2.77. The second-order valence-corrected chi connectivity index (χ2v) is 6.97. The summed E-state index contributed by atoms with van der Waals surface area (Å²) in [7, 11) is 0. The number of fused-ring (bicyclic) bond motifs is 1. The van der Waals surface area contributed by atoms with E-state index in [1.165, 1.54) is 4.88 Å². The van der Waals surface area contributed by atoms with Crippen molar-refractivity contribution >= 4 is 23.1 Å². The monoisotopic (exact) mass is 382 g/mol. The van der Waals surface area contributed by atoms with Crippen LogP contribution in [0.15, 0.2) is 60.0 Å². The van der Waals surface area contributed by atoms with Gasteiger partial charge in [-0.25, -0.2) is 4.79 Å². The Morgan fingerprint density at radius 1 is 1.11 bits per heavy atom. The zero-order chi connectivity index (χ0) is 18.6. The molecule has 1 atom stereocenters. The highest BCUT2D eigenvalue weighted by Gasteiger charge is 2.15. The molecule has 6 nitrogen and oxygen atoms in total. The van der Waals surface area contributed by atoms with Crippen molar-refractivity contribution in [3.63, 3.8) is 0 Å². The van der Waals surface area contributed by atoms with E-state index in [2.05, 4.69) is 16.7 Å². The number of aliphatic hydroxyl groups is 1. The van der Waals surface area contributed by atoms with Gasteiger partial charge in [0.15, 0.2) is 11.5 Å². The molecular formula is C20H18N2O4S. The number of carbonyl (C=O) groups excluding carboxylic acids is 1. The zero-order valence-electron chi connectivity index (χ0n) is 14.3. The van der Waals surface area contributed by atoms with Gasteiger partial charge in [0.2, 0.25) is 6.79 Å².